The molecular weight excluding hydrogens is 284 g/mol. The number of furan rings is 1. The molecule has 5 heteroatoms. The molecule has 0 spiro atoms. The predicted molar refractivity (Wildman–Crippen MR) is 83.5 cm³/mol. The number of esters is 1. The van der Waals surface area contributed by atoms with E-state index < -0.39 is 6.29 Å². The van der Waals surface area contributed by atoms with E-state index in [0.717, 1.165) is 37.9 Å². The van der Waals surface area contributed by atoms with Gasteiger partial charge in [0, 0.05) is 27.1 Å². The number of rotatable bonds is 12. The van der Waals surface area contributed by atoms with E-state index in [1.807, 2.05) is 12.1 Å². The van der Waals surface area contributed by atoms with Gasteiger partial charge in [-0.1, -0.05) is 25.7 Å². The van der Waals surface area contributed by atoms with Crippen LogP contribution in [-0.2, 0) is 25.4 Å². The number of carbonyl (C=O) groups excluding carboxylic acids is 1. The average Bonchev–Trinajstić information content (AvgIpc) is 2.99. The summed E-state index contributed by atoms with van der Waals surface area (Å²) >= 11 is 0. The molecule has 0 unspecified atom stereocenters. The molecule has 0 aromatic carbocycles. The Kier molecular flexibility index (Phi) is 9.59. The second-order valence-electron chi connectivity index (χ2n) is 5.30. The highest BCUT2D eigenvalue weighted by atomic mass is 16.7. The second kappa shape index (κ2) is 11.3. The molecule has 0 radical (unpaired) electrons. The Bertz CT molecular complexity index is 409. The maximum Gasteiger partial charge on any atom is 0.305 e. The molecular formula is C17H28O5. The van der Waals surface area contributed by atoms with Crippen LogP contribution < -0.4 is 0 Å². The smallest absolute Gasteiger partial charge is 0.305 e. The molecule has 5 nitrogen and oxygen atoms in total. The van der Waals surface area contributed by atoms with Crippen LogP contribution in [0.25, 0.3) is 0 Å². The van der Waals surface area contributed by atoms with Crippen molar-refractivity contribution in [3.05, 3.63) is 23.7 Å². The first-order valence-electron chi connectivity index (χ1n) is 7.92. The van der Waals surface area contributed by atoms with Gasteiger partial charge >= 0.3 is 5.97 Å². The number of unbranched alkanes of at least 4 members (excludes halogenated alkanes) is 5. The lowest BCUT2D eigenvalue weighted by molar-refractivity contribution is -0.140. The molecule has 0 bridgehead atoms. The van der Waals surface area contributed by atoms with Crippen molar-refractivity contribution in [2.75, 3.05) is 21.3 Å². The third-order valence-electron chi connectivity index (χ3n) is 3.62. The van der Waals surface area contributed by atoms with Crippen LogP contribution in [0.15, 0.2) is 16.5 Å². The Morgan fingerprint density at radius 3 is 2.27 bits per heavy atom. The summed E-state index contributed by atoms with van der Waals surface area (Å²) in [6.45, 7) is 0. The zero-order valence-electron chi connectivity index (χ0n) is 13.9. The van der Waals surface area contributed by atoms with Crippen molar-refractivity contribution in [1.29, 1.82) is 0 Å². The molecule has 126 valence electrons. The molecule has 0 aliphatic carbocycles. The minimum atomic E-state index is -0.427. The zero-order chi connectivity index (χ0) is 16.2. The van der Waals surface area contributed by atoms with Crippen LogP contribution >= 0.6 is 0 Å². The van der Waals surface area contributed by atoms with Gasteiger partial charge in [-0.2, -0.15) is 0 Å². The molecule has 1 aromatic heterocycles. The first-order chi connectivity index (χ1) is 10.7. The lowest BCUT2D eigenvalue weighted by Gasteiger charge is -2.09. The van der Waals surface area contributed by atoms with Gasteiger partial charge in [-0.05, 0) is 25.0 Å². The van der Waals surface area contributed by atoms with Gasteiger partial charge in [-0.3, -0.25) is 4.79 Å². The van der Waals surface area contributed by atoms with Crippen molar-refractivity contribution in [2.45, 2.75) is 57.7 Å². The standard InChI is InChI=1S/C17H28O5/c1-19-16(18)11-9-7-5-4-6-8-10-14-12-13-15(22-14)17(20-2)21-3/h12-13,17H,4-11H2,1-3H3. The fourth-order valence-electron chi connectivity index (χ4n) is 2.36. The highest BCUT2D eigenvalue weighted by molar-refractivity contribution is 5.68. The van der Waals surface area contributed by atoms with Crippen LogP contribution in [0.5, 0.6) is 0 Å². The van der Waals surface area contributed by atoms with E-state index in [0.29, 0.717) is 12.2 Å². The Balaban J connectivity index is 2.06. The molecule has 0 saturated carbocycles. The largest absolute Gasteiger partial charge is 0.469 e. The minimum absolute atomic E-state index is 0.112. The zero-order valence-corrected chi connectivity index (χ0v) is 13.9. The second-order valence-corrected chi connectivity index (χ2v) is 5.30. The fraction of sp³-hybridized carbons (Fsp3) is 0.706. The Labute approximate surface area is 132 Å². The van der Waals surface area contributed by atoms with Gasteiger partial charge in [-0.25, -0.2) is 0 Å². The van der Waals surface area contributed by atoms with Gasteiger partial charge in [0.2, 0.25) is 6.29 Å². The van der Waals surface area contributed by atoms with Gasteiger partial charge in [0.15, 0.2) is 5.76 Å². The van der Waals surface area contributed by atoms with Crippen LogP contribution in [0.4, 0.5) is 0 Å². The van der Waals surface area contributed by atoms with Crippen molar-refractivity contribution in [1.82, 2.24) is 0 Å². The molecule has 22 heavy (non-hydrogen) atoms. The lowest BCUT2D eigenvalue weighted by atomic mass is 10.1. The summed E-state index contributed by atoms with van der Waals surface area (Å²) < 4.78 is 20.6. The Morgan fingerprint density at radius 2 is 1.64 bits per heavy atom. The highest BCUT2D eigenvalue weighted by Gasteiger charge is 2.13. The van der Waals surface area contributed by atoms with E-state index in [2.05, 4.69) is 4.74 Å². The Morgan fingerprint density at radius 1 is 1.00 bits per heavy atom. The summed E-state index contributed by atoms with van der Waals surface area (Å²) in [6.07, 6.45) is 7.68. The summed E-state index contributed by atoms with van der Waals surface area (Å²) in [5, 5.41) is 0. The topological polar surface area (TPSA) is 57.9 Å². The van der Waals surface area contributed by atoms with E-state index in [1.165, 1.54) is 20.0 Å². The van der Waals surface area contributed by atoms with E-state index in [1.54, 1.807) is 14.2 Å². The highest BCUT2D eigenvalue weighted by Crippen LogP contribution is 2.21. The van der Waals surface area contributed by atoms with Crippen LogP contribution in [0.1, 0.15) is 62.8 Å². The lowest BCUT2D eigenvalue weighted by Crippen LogP contribution is -2.01. The van der Waals surface area contributed by atoms with E-state index >= 15 is 0 Å². The molecule has 1 rings (SSSR count). The van der Waals surface area contributed by atoms with Crippen LogP contribution in [-0.4, -0.2) is 27.3 Å². The number of hydrogen-bond acceptors (Lipinski definition) is 5. The first-order valence-corrected chi connectivity index (χ1v) is 7.92. The summed E-state index contributed by atoms with van der Waals surface area (Å²) in [5.74, 6) is 1.57. The number of methoxy groups -OCH3 is 3. The van der Waals surface area contributed by atoms with Crippen molar-refractivity contribution in [3.8, 4) is 0 Å². The minimum Gasteiger partial charge on any atom is -0.469 e. The van der Waals surface area contributed by atoms with Gasteiger partial charge in [0.25, 0.3) is 0 Å². The number of ether oxygens (including phenoxy) is 3. The number of aryl methyl sites for hydroxylation is 1. The maximum absolute atomic E-state index is 10.9. The molecule has 0 fully saturated rings. The van der Waals surface area contributed by atoms with E-state index in [9.17, 15) is 4.79 Å². The molecule has 0 aliphatic heterocycles. The van der Waals surface area contributed by atoms with Crippen molar-refractivity contribution < 1.29 is 23.4 Å². The van der Waals surface area contributed by atoms with Crippen LogP contribution in [0, 0.1) is 0 Å². The summed E-state index contributed by atoms with van der Waals surface area (Å²) in [5.41, 5.74) is 0. The van der Waals surface area contributed by atoms with Crippen molar-refractivity contribution >= 4 is 5.97 Å². The molecule has 0 atom stereocenters. The van der Waals surface area contributed by atoms with Crippen molar-refractivity contribution in [3.63, 3.8) is 0 Å². The average molecular weight is 312 g/mol. The summed E-state index contributed by atoms with van der Waals surface area (Å²) in [4.78, 5) is 10.9. The normalized spacial score (nSPS) is 11.1. The monoisotopic (exact) mass is 312 g/mol. The van der Waals surface area contributed by atoms with Gasteiger partial charge in [0.1, 0.15) is 5.76 Å². The van der Waals surface area contributed by atoms with Crippen LogP contribution in [0.2, 0.25) is 0 Å². The van der Waals surface area contributed by atoms with Gasteiger partial charge in [0.05, 0.1) is 7.11 Å². The molecule has 0 saturated heterocycles. The third-order valence-corrected chi connectivity index (χ3v) is 3.62. The molecule has 0 amide bonds. The molecule has 0 N–H and O–H groups in total. The molecule has 0 aliphatic rings. The first kappa shape index (κ1) is 18.7. The van der Waals surface area contributed by atoms with Gasteiger partial charge in [-0.15, -0.1) is 0 Å². The number of hydrogen-bond donors (Lipinski definition) is 0. The van der Waals surface area contributed by atoms with Crippen LogP contribution in [0.3, 0.4) is 0 Å². The fourth-order valence-corrected chi connectivity index (χ4v) is 2.36. The molecule has 1 aromatic rings. The molecule has 1 heterocycles. The summed E-state index contributed by atoms with van der Waals surface area (Å²) in [7, 11) is 4.62. The SMILES string of the molecule is COC(=O)CCCCCCCCc1ccc(C(OC)OC)o1. The van der Waals surface area contributed by atoms with Crippen molar-refractivity contribution in [2.24, 2.45) is 0 Å². The maximum atomic E-state index is 10.9. The van der Waals surface area contributed by atoms with E-state index in [4.69, 9.17) is 13.9 Å². The van der Waals surface area contributed by atoms with E-state index in [-0.39, 0.29) is 5.97 Å². The van der Waals surface area contributed by atoms with Gasteiger partial charge < -0.3 is 18.6 Å². The Hall–Kier alpha value is -1.33. The number of carbonyl (C=O) groups is 1. The predicted octanol–water partition coefficient (Wildman–Crippen LogP) is 4.02. The summed E-state index contributed by atoms with van der Waals surface area (Å²) in [6, 6.07) is 3.89. The quantitative estimate of drug-likeness (QED) is 0.331. The third kappa shape index (κ3) is 7.09.